The van der Waals surface area contributed by atoms with Crippen molar-refractivity contribution in [1.82, 2.24) is 4.98 Å². The Labute approximate surface area is 114 Å². The maximum atomic E-state index is 10.9. The molecule has 0 aliphatic rings. The molecule has 0 unspecified atom stereocenters. The van der Waals surface area contributed by atoms with Crippen LogP contribution in [0.2, 0.25) is 0 Å². The fourth-order valence-electron chi connectivity index (χ4n) is 1.79. The van der Waals surface area contributed by atoms with E-state index in [1.165, 1.54) is 12.1 Å². The van der Waals surface area contributed by atoms with Crippen molar-refractivity contribution in [2.45, 2.75) is 33.1 Å². The molecule has 1 rings (SSSR count). The van der Waals surface area contributed by atoms with Gasteiger partial charge in [-0.25, -0.2) is 4.98 Å². The molecule has 0 aliphatic carbocycles. The van der Waals surface area contributed by atoms with E-state index in [0.717, 1.165) is 25.8 Å². The zero-order valence-electron chi connectivity index (χ0n) is 11.8. The predicted molar refractivity (Wildman–Crippen MR) is 77.9 cm³/mol. The van der Waals surface area contributed by atoms with Gasteiger partial charge in [-0.3, -0.25) is 10.1 Å². The highest BCUT2D eigenvalue weighted by Gasteiger charge is 2.13. The molecule has 0 fully saturated rings. The summed E-state index contributed by atoms with van der Waals surface area (Å²) in [6, 6.07) is 2.99. The molecule has 1 aromatic rings. The van der Waals surface area contributed by atoms with Crippen molar-refractivity contribution in [2.24, 2.45) is 0 Å². The van der Waals surface area contributed by atoms with Crippen molar-refractivity contribution in [1.29, 1.82) is 0 Å². The number of pyridine rings is 1. The topological polar surface area (TPSA) is 71.3 Å². The Balaban J connectivity index is 2.88. The number of hydrogen-bond acceptors (Lipinski definition) is 5. The van der Waals surface area contributed by atoms with E-state index in [9.17, 15) is 10.1 Å². The number of anilines is 2. The molecular weight excluding hydrogens is 244 g/mol. The lowest BCUT2D eigenvalue weighted by Crippen LogP contribution is -2.20. The summed E-state index contributed by atoms with van der Waals surface area (Å²) in [7, 11) is 1.91. The first-order chi connectivity index (χ1) is 9.08. The van der Waals surface area contributed by atoms with Gasteiger partial charge in [-0.15, -0.1) is 0 Å². The van der Waals surface area contributed by atoms with Gasteiger partial charge in [0.1, 0.15) is 11.6 Å². The zero-order chi connectivity index (χ0) is 14.3. The average molecular weight is 266 g/mol. The van der Waals surface area contributed by atoms with Crippen LogP contribution in [0.25, 0.3) is 0 Å². The predicted octanol–water partition coefficient (Wildman–Crippen LogP) is 3.05. The van der Waals surface area contributed by atoms with E-state index >= 15 is 0 Å². The van der Waals surface area contributed by atoms with E-state index < -0.39 is 0 Å². The van der Waals surface area contributed by atoms with E-state index in [1.54, 1.807) is 0 Å². The van der Waals surface area contributed by atoms with Crippen LogP contribution in [0.4, 0.5) is 17.3 Å². The summed E-state index contributed by atoms with van der Waals surface area (Å²) in [5, 5.41) is 13.9. The second-order valence-corrected chi connectivity index (χ2v) is 4.48. The third-order valence-electron chi connectivity index (χ3n) is 2.85. The van der Waals surface area contributed by atoms with E-state index in [0.29, 0.717) is 18.2 Å². The minimum absolute atomic E-state index is 0.0725. The summed E-state index contributed by atoms with van der Waals surface area (Å²) in [6.45, 7) is 5.63. The number of hydrogen-bond donors (Lipinski definition) is 1. The molecule has 0 aromatic carbocycles. The highest BCUT2D eigenvalue weighted by Crippen LogP contribution is 2.22. The minimum Gasteiger partial charge on any atom is -0.370 e. The summed E-state index contributed by atoms with van der Waals surface area (Å²) >= 11 is 0. The number of nitrogens with one attached hydrogen (secondary N) is 1. The van der Waals surface area contributed by atoms with Crippen molar-refractivity contribution >= 4 is 17.3 Å². The number of nitrogens with zero attached hydrogens (tertiary/aromatic N) is 3. The third kappa shape index (κ3) is 4.73. The number of rotatable bonds is 8. The SMILES string of the molecule is CCCCCN(C)c1cc([N+](=O)[O-])cc(NCC)n1. The largest absolute Gasteiger partial charge is 0.370 e. The standard InChI is InChI=1S/C13H22N4O2/c1-4-6-7-8-16(3)13-10-11(17(18)19)9-12(15-13)14-5-2/h9-10H,4-8H2,1-3H3,(H,14,15). The Morgan fingerprint density at radius 2 is 2.11 bits per heavy atom. The second-order valence-electron chi connectivity index (χ2n) is 4.48. The lowest BCUT2D eigenvalue weighted by molar-refractivity contribution is -0.384. The summed E-state index contributed by atoms with van der Waals surface area (Å²) in [4.78, 5) is 16.9. The van der Waals surface area contributed by atoms with E-state index in [4.69, 9.17) is 0 Å². The molecule has 0 aliphatic heterocycles. The number of unbranched alkanes of at least 4 members (excludes halogenated alkanes) is 2. The Morgan fingerprint density at radius 1 is 1.37 bits per heavy atom. The molecule has 19 heavy (non-hydrogen) atoms. The van der Waals surface area contributed by atoms with Gasteiger partial charge >= 0.3 is 0 Å². The molecule has 6 heteroatoms. The van der Waals surface area contributed by atoms with E-state index in [-0.39, 0.29) is 10.6 Å². The molecule has 1 N–H and O–H groups in total. The fraction of sp³-hybridized carbons (Fsp3) is 0.615. The maximum absolute atomic E-state index is 10.9. The van der Waals surface area contributed by atoms with E-state index in [1.807, 2.05) is 18.9 Å². The fourth-order valence-corrected chi connectivity index (χ4v) is 1.79. The molecule has 1 heterocycles. The Kier molecular flexibility index (Phi) is 6.05. The molecule has 106 valence electrons. The van der Waals surface area contributed by atoms with Gasteiger partial charge in [0, 0.05) is 20.1 Å². The highest BCUT2D eigenvalue weighted by atomic mass is 16.6. The van der Waals surface area contributed by atoms with Crippen molar-refractivity contribution < 1.29 is 4.92 Å². The second kappa shape index (κ2) is 7.56. The smallest absolute Gasteiger partial charge is 0.276 e. The molecule has 0 atom stereocenters. The Morgan fingerprint density at radius 3 is 2.68 bits per heavy atom. The van der Waals surface area contributed by atoms with Gasteiger partial charge in [0.05, 0.1) is 17.1 Å². The minimum atomic E-state index is -0.383. The van der Waals surface area contributed by atoms with E-state index in [2.05, 4.69) is 17.2 Å². The monoisotopic (exact) mass is 266 g/mol. The van der Waals surface area contributed by atoms with Gasteiger partial charge in [0.2, 0.25) is 0 Å². The van der Waals surface area contributed by atoms with Crippen LogP contribution in [0, 0.1) is 10.1 Å². The van der Waals surface area contributed by atoms with Gasteiger partial charge in [-0.05, 0) is 13.3 Å². The van der Waals surface area contributed by atoms with Gasteiger partial charge in [-0.2, -0.15) is 0 Å². The molecule has 0 saturated heterocycles. The zero-order valence-corrected chi connectivity index (χ0v) is 11.8. The maximum Gasteiger partial charge on any atom is 0.276 e. The van der Waals surface area contributed by atoms with Crippen LogP contribution in [-0.2, 0) is 0 Å². The first-order valence-electron chi connectivity index (χ1n) is 6.70. The third-order valence-corrected chi connectivity index (χ3v) is 2.85. The Bertz CT molecular complexity index is 423. The molecule has 0 saturated carbocycles. The molecule has 1 aromatic heterocycles. The normalized spacial score (nSPS) is 10.3. The number of aromatic nitrogens is 1. The summed E-state index contributed by atoms with van der Waals surface area (Å²) in [6.07, 6.45) is 3.37. The molecule has 0 radical (unpaired) electrons. The Hall–Kier alpha value is -1.85. The quantitative estimate of drug-likeness (QED) is 0.445. The average Bonchev–Trinajstić information content (AvgIpc) is 2.39. The first-order valence-corrected chi connectivity index (χ1v) is 6.70. The van der Waals surface area contributed by atoms with Crippen molar-refractivity contribution in [3.63, 3.8) is 0 Å². The van der Waals surface area contributed by atoms with Gasteiger partial charge in [-0.1, -0.05) is 19.8 Å². The number of nitro groups is 1. The van der Waals surface area contributed by atoms with Crippen LogP contribution < -0.4 is 10.2 Å². The van der Waals surface area contributed by atoms with Gasteiger partial charge in [0.25, 0.3) is 5.69 Å². The van der Waals surface area contributed by atoms with Gasteiger partial charge in [0.15, 0.2) is 0 Å². The molecular formula is C13H22N4O2. The van der Waals surface area contributed by atoms with Crippen LogP contribution in [0.3, 0.4) is 0 Å². The molecule has 6 nitrogen and oxygen atoms in total. The molecule has 0 spiro atoms. The van der Waals surface area contributed by atoms with Crippen LogP contribution in [0.15, 0.2) is 12.1 Å². The summed E-state index contributed by atoms with van der Waals surface area (Å²) in [5.41, 5.74) is 0.0725. The summed E-state index contributed by atoms with van der Waals surface area (Å²) in [5.74, 6) is 1.19. The highest BCUT2D eigenvalue weighted by molar-refractivity contribution is 5.55. The van der Waals surface area contributed by atoms with Crippen molar-refractivity contribution in [3.8, 4) is 0 Å². The lowest BCUT2D eigenvalue weighted by Gasteiger charge is -2.18. The van der Waals surface area contributed by atoms with Crippen LogP contribution in [0.5, 0.6) is 0 Å². The van der Waals surface area contributed by atoms with Gasteiger partial charge < -0.3 is 10.2 Å². The van der Waals surface area contributed by atoms with Crippen molar-refractivity contribution in [3.05, 3.63) is 22.2 Å². The molecule has 0 bridgehead atoms. The van der Waals surface area contributed by atoms with Crippen LogP contribution in [0.1, 0.15) is 33.1 Å². The lowest BCUT2D eigenvalue weighted by atomic mass is 10.2. The van der Waals surface area contributed by atoms with Crippen molar-refractivity contribution in [2.75, 3.05) is 30.4 Å². The summed E-state index contributed by atoms with van der Waals surface area (Å²) < 4.78 is 0. The first kappa shape index (κ1) is 15.2. The van der Waals surface area contributed by atoms with Crippen LogP contribution >= 0.6 is 0 Å². The molecule has 0 amide bonds. The van der Waals surface area contributed by atoms with Crippen LogP contribution in [-0.4, -0.2) is 30.0 Å².